The highest BCUT2D eigenvalue weighted by Crippen LogP contribution is 2.46. The van der Waals surface area contributed by atoms with E-state index in [9.17, 15) is 0 Å². The minimum absolute atomic E-state index is 0.138. The van der Waals surface area contributed by atoms with Crippen molar-refractivity contribution in [2.24, 2.45) is 5.92 Å². The summed E-state index contributed by atoms with van der Waals surface area (Å²) in [5.74, 6) is -3.96. The molecule has 4 unspecified atom stereocenters. The van der Waals surface area contributed by atoms with Crippen LogP contribution in [0, 0.1) is 29.2 Å². The van der Waals surface area contributed by atoms with E-state index in [-0.39, 0.29) is 40.7 Å². The molecule has 2 nitrogen and oxygen atoms in total. The summed E-state index contributed by atoms with van der Waals surface area (Å²) in [7, 11) is 0. The van der Waals surface area contributed by atoms with Crippen LogP contribution >= 0.6 is 0 Å². The number of hydrogen-bond acceptors (Lipinski definition) is 2. The molecule has 0 spiro atoms. The Labute approximate surface area is 217 Å². The Morgan fingerprint density at radius 3 is 2.00 bits per heavy atom. The van der Waals surface area contributed by atoms with E-state index in [0.717, 1.165) is 51.4 Å². The Bertz CT molecular complexity index is 1120. The number of fused-ring (bicyclic) bond motifs is 3. The molecule has 0 amide bonds. The zero-order valence-electron chi connectivity index (χ0n) is 22.0. The third kappa shape index (κ3) is 5.21. The van der Waals surface area contributed by atoms with Gasteiger partial charge in [-0.15, -0.1) is 0 Å². The van der Waals surface area contributed by atoms with Gasteiger partial charge in [0.25, 0.3) is 0 Å². The predicted octanol–water partition coefficient (Wildman–Crippen LogP) is 8.92. The van der Waals surface area contributed by atoms with Gasteiger partial charge in [-0.25, -0.2) is 17.6 Å². The highest BCUT2D eigenvalue weighted by molar-refractivity contribution is 5.79. The smallest absolute Gasteiger partial charge is 0.167 e. The Morgan fingerprint density at radius 2 is 1.41 bits per heavy atom. The summed E-state index contributed by atoms with van der Waals surface area (Å²) in [5, 5.41) is 0. The number of halogens is 4. The molecule has 0 aromatic heterocycles. The van der Waals surface area contributed by atoms with Crippen molar-refractivity contribution in [3.8, 4) is 11.1 Å². The van der Waals surface area contributed by atoms with E-state index in [1.807, 2.05) is 0 Å². The Kier molecular flexibility index (Phi) is 8.25. The summed E-state index contributed by atoms with van der Waals surface area (Å²) in [6.07, 6.45) is 9.52. The average Bonchev–Trinajstić information content (AvgIpc) is 3.28. The lowest BCUT2D eigenvalue weighted by Gasteiger charge is -2.30. The third-order valence-corrected chi connectivity index (χ3v) is 8.62. The maximum Gasteiger partial charge on any atom is 0.167 e. The Balaban J connectivity index is 1.37. The molecule has 2 fully saturated rings. The van der Waals surface area contributed by atoms with Gasteiger partial charge in [-0.3, -0.25) is 0 Å². The first-order valence-corrected chi connectivity index (χ1v) is 14.2. The maximum atomic E-state index is 15.4. The van der Waals surface area contributed by atoms with Crippen LogP contribution < -0.4 is 0 Å². The predicted molar refractivity (Wildman–Crippen MR) is 137 cm³/mol. The number of hydrogen-bond donors (Lipinski definition) is 0. The van der Waals surface area contributed by atoms with Crippen molar-refractivity contribution in [3.05, 3.63) is 57.7 Å². The number of benzene rings is 2. The molecule has 2 saturated heterocycles. The van der Waals surface area contributed by atoms with Crippen molar-refractivity contribution in [2.45, 2.75) is 103 Å². The summed E-state index contributed by atoms with van der Waals surface area (Å²) in [6, 6.07) is 3.27. The summed E-state index contributed by atoms with van der Waals surface area (Å²) >= 11 is 0. The second-order valence-electron chi connectivity index (χ2n) is 11.2. The van der Waals surface area contributed by atoms with E-state index in [0.29, 0.717) is 36.7 Å². The largest absolute Gasteiger partial charge is 0.378 e. The van der Waals surface area contributed by atoms with Crippen molar-refractivity contribution in [1.82, 2.24) is 0 Å². The normalized spacial score (nSPS) is 25.2. The second kappa shape index (κ2) is 11.4. The van der Waals surface area contributed by atoms with Crippen LogP contribution in [-0.2, 0) is 15.9 Å². The monoisotopic (exact) mass is 518 g/mol. The van der Waals surface area contributed by atoms with E-state index in [4.69, 9.17) is 9.47 Å². The van der Waals surface area contributed by atoms with Crippen molar-refractivity contribution >= 4 is 0 Å². The lowest BCUT2D eigenvalue weighted by molar-refractivity contribution is -0.0214. The molecule has 2 aromatic rings. The first kappa shape index (κ1) is 26.7. The Morgan fingerprint density at radius 1 is 0.703 bits per heavy atom. The molecule has 202 valence electrons. The summed E-state index contributed by atoms with van der Waals surface area (Å²) < 4.78 is 73.3. The fourth-order valence-electron chi connectivity index (χ4n) is 6.55. The zero-order chi connectivity index (χ0) is 26.1. The standard InChI is InChI=1S/C31H38F4O2/c1-3-5-6-8-22-11-10-19(17-36-22)23-14-20-13-21-15-24(25-12-9-18(7-4-2)16-37-25)29(33)31(35)27(21)26(20)30(34)28(23)32/h14-15,18-19,22,25H,3-13,16-17H2,1-2H3. The molecule has 6 heteroatoms. The van der Waals surface area contributed by atoms with Gasteiger partial charge in [0.15, 0.2) is 23.3 Å². The molecule has 3 aliphatic rings. The van der Waals surface area contributed by atoms with Gasteiger partial charge < -0.3 is 9.47 Å². The molecule has 2 aliphatic heterocycles. The van der Waals surface area contributed by atoms with Crippen LogP contribution in [0.25, 0.3) is 11.1 Å². The lowest BCUT2D eigenvalue weighted by Crippen LogP contribution is -2.25. The van der Waals surface area contributed by atoms with E-state index in [1.54, 1.807) is 12.1 Å². The molecule has 1 aliphatic carbocycles. The fraction of sp³-hybridized carbons (Fsp3) is 0.613. The van der Waals surface area contributed by atoms with Gasteiger partial charge >= 0.3 is 0 Å². The first-order valence-electron chi connectivity index (χ1n) is 14.2. The molecule has 2 aromatic carbocycles. The SMILES string of the molecule is CCCCCC1CCC(c2cc3c(c(F)c2F)-c2c(cc(C4CCC(CCC)CO4)c(F)c2F)C3)CO1. The van der Waals surface area contributed by atoms with Gasteiger partial charge in [-0.05, 0) is 73.6 Å². The molecule has 4 atom stereocenters. The summed E-state index contributed by atoms with van der Waals surface area (Å²) in [4.78, 5) is 0. The maximum absolute atomic E-state index is 15.4. The molecular weight excluding hydrogens is 480 g/mol. The average molecular weight is 519 g/mol. The highest BCUT2D eigenvalue weighted by Gasteiger charge is 2.36. The van der Waals surface area contributed by atoms with Gasteiger partial charge in [0.1, 0.15) is 0 Å². The van der Waals surface area contributed by atoms with Crippen molar-refractivity contribution in [1.29, 1.82) is 0 Å². The van der Waals surface area contributed by atoms with Gasteiger partial charge in [0.05, 0.1) is 25.4 Å². The molecule has 37 heavy (non-hydrogen) atoms. The summed E-state index contributed by atoms with van der Waals surface area (Å²) in [5.41, 5.74) is 1.20. The minimum atomic E-state index is -1.10. The molecule has 0 N–H and O–H groups in total. The van der Waals surface area contributed by atoms with Gasteiger partial charge in [-0.1, -0.05) is 45.6 Å². The van der Waals surface area contributed by atoms with Gasteiger partial charge in [0, 0.05) is 22.6 Å². The number of rotatable bonds is 8. The zero-order valence-corrected chi connectivity index (χ0v) is 22.0. The van der Waals surface area contributed by atoms with Crippen LogP contribution in [0.5, 0.6) is 0 Å². The van der Waals surface area contributed by atoms with E-state index >= 15 is 17.6 Å². The van der Waals surface area contributed by atoms with Crippen molar-refractivity contribution < 1.29 is 27.0 Å². The minimum Gasteiger partial charge on any atom is -0.378 e. The molecule has 0 bridgehead atoms. The van der Waals surface area contributed by atoms with Gasteiger partial charge in [-0.2, -0.15) is 0 Å². The van der Waals surface area contributed by atoms with Gasteiger partial charge in [0.2, 0.25) is 0 Å². The quantitative estimate of drug-likeness (QED) is 0.219. The van der Waals surface area contributed by atoms with Crippen LogP contribution in [-0.4, -0.2) is 19.3 Å². The van der Waals surface area contributed by atoms with Crippen LogP contribution in [0.4, 0.5) is 17.6 Å². The van der Waals surface area contributed by atoms with Crippen molar-refractivity contribution in [2.75, 3.05) is 13.2 Å². The van der Waals surface area contributed by atoms with E-state index < -0.39 is 29.4 Å². The lowest BCUT2D eigenvalue weighted by atomic mass is 9.87. The highest BCUT2D eigenvalue weighted by atomic mass is 19.2. The van der Waals surface area contributed by atoms with Crippen LogP contribution in [0.15, 0.2) is 12.1 Å². The van der Waals surface area contributed by atoms with E-state index in [1.165, 1.54) is 6.42 Å². The van der Waals surface area contributed by atoms with E-state index in [2.05, 4.69) is 13.8 Å². The number of unbranched alkanes of at least 4 members (excludes halogenated alkanes) is 2. The first-order chi connectivity index (χ1) is 17.9. The molecular formula is C31H38F4O2. The second-order valence-corrected chi connectivity index (χ2v) is 11.2. The van der Waals surface area contributed by atoms with Crippen molar-refractivity contribution in [3.63, 3.8) is 0 Å². The van der Waals surface area contributed by atoms with Crippen LogP contribution in [0.2, 0.25) is 0 Å². The third-order valence-electron chi connectivity index (χ3n) is 8.62. The number of ether oxygens (including phenoxy) is 2. The molecule has 0 saturated carbocycles. The topological polar surface area (TPSA) is 18.5 Å². The van der Waals surface area contributed by atoms with Crippen LogP contribution in [0.1, 0.15) is 112 Å². The summed E-state index contributed by atoms with van der Waals surface area (Å²) in [6.45, 7) is 5.17. The van der Waals surface area contributed by atoms with Crippen LogP contribution in [0.3, 0.4) is 0 Å². The Hall–Kier alpha value is -1.92. The molecule has 0 radical (unpaired) electrons. The molecule has 5 rings (SSSR count). The molecule has 2 heterocycles. The fourth-order valence-corrected chi connectivity index (χ4v) is 6.55.